The maximum Gasteiger partial charge on any atom is 0.345 e. The van der Waals surface area contributed by atoms with Crippen LogP contribution in [0.3, 0.4) is 0 Å². The molecule has 0 spiro atoms. The monoisotopic (exact) mass is 276 g/mol. The van der Waals surface area contributed by atoms with Gasteiger partial charge in [0.2, 0.25) is 0 Å². The number of benzene rings is 1. The van der Waals surface area contributed by atoms with Crippen molar-refractivity contribution in [3.8, 4) is 11.5 Å². The Labute approximate surface area is 118 Å². The third-order valence-corrected chi connectivity index (χ3v) is 4.20. The summed E-state index contributed by atoms with van der Waals surface area (Å²) in [5.41, 5.74) is 0.947. The summed E-state index contributed by atoms with van der Waals surface area (Å²) in [6.07, 6.45) is 6.15. The molecule has 3 rings (SSSR count). The molecule has 0 bridgehead atoms. The van der Waals surface area contributed by atoms with Crippen LogP contribution in [0.15, 0.2) is 18.2 Å². The van der Waals surface area contributed by atoms with Gasteiger partial charge in [0.1, 0.15) is 11.5 Å². The number of carbonyl (C=O) groups is 1. The fraction of sp³-hybridized carbons (Fsp3) is 0.562. The van der Waals surface area contributed by atoms with Crippen molar-refractivity contribution in [3.05, 3.63) is 23.8 Å². The Morgan fingerprint density at radius 2 is 2.10 bits per heavy atom. The third kappa shape index (κ3) is 2.89. The first-order valence-corrected chi connectivity index (χ1v) is 7.37. The molecule has 1 saturated carbocycles. The fourth-order valence-electron chi connectivity index (χ4n) is 3.00. The zero-order chi connectivity index (χ0) is 13.9. The second-order valence-electron chi connectivity index (χ2n) is 5.73. The number of ether oxygens (including phenoxy) is 2. The molecule has 0 radical (unpaired) electrons. The maximum absolute atomic E-state index is 10.9. The molecule has 2 aliphatic rings. The minimum atomic E-state index is -0.911. The number of hydrogen-bond donors (Lipinski definition) is 1. The van der Waals surface area contributed by atoms with Crippen molar-refractivity contribution < 1.29 is 19.4 Å². The molecule has 0 amide bonds. The van der Waals surface area contributed by atoms with Crippen LogP contribution in [0.1, 0.15) is 37.7 Å². The van der Waals surface area contributed by atoms with E-state index in [1.807, 2.05) is 18.2 Å². The Balaban J connectivity index is 1.59. The lowest BCUT2D eigenvalue weighted by Gasteiger charge is -2.21. The first-order chi connectivity index (χ1) is 9.72. The Hall–Kier alpha value is -1.71. The van der Waals surface area contributed by atoms with Crippen LogP contribution in [0, 0.1) is 5.92 Å². The van der Waals surface area contributed by atoms with Crippen molar-refractivity contribution in [3.63, 3.8) is 0 Å². The topological polar surface area (TPSA) is 55.8 Å². The van der Waals surface area contributed by atoms with E-state index in [1.54, 1.807) is 0 Å². The lowest BCUT2D eigenvalue weighted by Crippen LogP contribution is -2.24. The summed E-state index contributed by atoms with van der Waals surface area (Å²) in [6, 6.07) is 5.64. The van der Waals surface area contributed by atoms with E-state index in [0.717, 1.165) is 17.9 Å². The molecule has 1 aromatic carbocycles. The zero-order valence-corrected chi connectivity index (χ0v) is 11.5. The molecule has 1 aromatic rings. The summed E-state index contributed by atoms with van der Waals surface area (Å²) in [4.78, 5) is 10.9. The van der Waals surface area contributed by atoms with Gasteiger partial charge in [-0.1, -0.05) is 25.3 Å². The highest BCUT2D eigenvalue weighted by Crippen LogP contribution is 2.33. The van der Waals surface area contributed by atoms with Crippen molar-refractivity contribution in [2.75, 3.05) is 6.61 Å². The lowest BCUT2D eigenvalue weighted by molar-refractivity contribution is -0.144. The molecule has 1 N–H and O–H groups in total. The van der Waals surface area contributed by atoms with Crippen LogP contribution in [0.5, 0.6) is 11.5 Å². The van der Waals surface area contributed by atoms with Crippen molar-refractivity contribution in [2.24, 2.45) is 5.92 Å². The average molecular weight is 276 g/mol. The van der Waals surface area contributed by atoms with Gasteiger partial charge in [0, 0.05) is 12.5 Å². The smallest absolute Gasteiger partial charge is 0.345 e. The fourth-order valence-corrected chi connectivity index (χ4v) is 3.00. The highest BCUT2D eigenvalue weighted by atomic mass is 16.5. The molecule has 108 valence electrons. The molecular formula is C16H20O4. The van der Waals surface area contributed by atoms with E-state index in [9.17, 15) is 4.79 Å². The van der Waals surface area contributed by atoms with Crippen LogP contribution in [-0.2, 0) is 11.2 Å². The van der Waals surface area contributed by atoms with E-state index in [2.05, 4.69) is 0 Å². The molecule has 1 atom stereocenters. The van der Waals surface area contributed by atoms with E-state index in [0.29, 0.717) is 18.1 Å². The normalized spacial score (nSPS) is 22.1. The van der Waals surface area contributed by atoms with Crippen LogP contribution < -0.4 is 9.47 Å². The SMILES string of the molecule is O=C(O)C1Cc2ccc(OCC3CCCCC3)cc2O1. The van der Waals surface area contributed by atoms with Crippen LogP contribution in [0.25, 0.3) is 0 Å². The molecule has 1 fully saturated rings. The van der Waals surface area contributed by atoms with Gasteiger partial charge in [-0.25, -0.2) is 4.79 Å². The first kappa shape index (κ1) is 13.3. The van der Waals surface area contributed by atoms with Gasteiger partial charge in [0.05, 0.1) is 6.61 Å². The van der Waals surface area contributed by atoms with Crippen molar-refractivity contribution in [1.29, 1.82) is 0 Å². The molecule has 20 heavy (non-hydrogen) atoms. The van der Waals surface area contributed by atoms with E-state index in [-0.39, 0.29) is 0 Å². The van der Waals surface area contributed by atoms with Crippen molar-refractivity contribution >= 4 is 5.97 Å². The summed E-state index contributed by atoms with van der Waals surface area (Å²) in [5.74, 6) is 1.18. The molecule has 4 nitrogen and oxygen atoms in total. The van der Waals surface area contributed by atoms with E-state index in [1.165, 1.54) is 32.1 Å². The van der Waals surface area contributed by atoms with Crippen LogP contribution in [-0.4, -0.2) is 23.8 Å². The van der Waals surface area contributed by atoms with Gasteiger partial charge in [0.25, 0.3) is 0 Å². The number of carboxylic acid groups (broad SMARTS) is 1. The predicted octanol–water partition coefficient (Wildman–Crippen LogP) is 3.03. The van der Waals surface area contributed by atoms with Crippen molar-refractivity contribution in [2.45, 2.75) is 44.6 Å². The molecular weight excluding hydrogens is 256 g/mol. The van der Waals surface area contributed by atoms with E-state index >= 15 is 0 Å². The molecule has 4 heteroatoms. The van der Waals surface area contributed by atoms with Gasteiger partial charge in [-0.05, 0) is 30.4 Å². The Kier molecular flexibility index (Phi) is 3.81. The van der Waals surface area contributed by atoms with Gasteiger partial charge in [-0.2, -0.15) is 0 Å². The summed E-state index contributed by atoms with van der Waals surface area (Å²) in [6.45, 7) is 0.751. The summed E-state index contributed by atoms with van der Waals surface area (Å²) in [5, 5.41) is 8.97. The molecule has 1 aliphatic carbocycles. The van der Waals surface area contributed by atoms with Crippen molar-refractivity contribution in [1.82, 2.24) is 0 Å². The molecule has 0 saturated heterocycles. The maximum atomic E-state index is 10.9. The first-order valence-electron chi connectivity index (χ1n) is 7.37. The van der Waals surface area contributed by atoms with Crippen LogP contribution >= 0.6 is 0 Å². The Bertz CT molecular complexity index is 491. The number of aliphatic carboxylic acids is 1. The van der Waals surface area contributed by atoms with Crippen LogP contribution in [0.2, 0.25) is 0 Å². The molecule has 1 heterocycles. The number of carboxylic acids is 1. The zero-order valence-electron chi connectivity index (χ0n) is 11.5. The second-order valence-corrected chi connectivity index (χ2v) is 5.73. The molecule has 1 aliphatic heterocycles. The molecule has 0 aromatic heterocycles. The van der Waals surface area contributed by atoms with Gasteiger partial charge >= 0.3 is 5.97 Å². The van der Waals surface area contributed by atoms with Gasteiger partial charge in [-0.15, -0.1) is 0 Å². The number of fused-ring (bicyclic) bond motifs is 1. The standard InChI is InChI=1S/C16H20O4/c17-16(18)15-8-12-6-7-13(9-14(12)20-15)19-10-11-4-2-1-3-5-11/h6-7,9,11,15H,1-5,8,10H2,(H,17,18). The predicted molar refractivity (Wildman–Crippen MR) is 74.3 cm³/mol. The third-order valence-electron chi connectivity index (χ3n) is 4.20. The van der Waals surface area contributed by atoms with Gasteiger partial charge < -0.3 is 14.6 Å². The number of hydrogen-bond acceptors (Lipinski definition) is 3. The second kappa shape index (κ2) is 5.73. The summed E-state index contributed by atoms with van der Waals surface area (Å²) < 4.78 is 11.3. The average Bonchev–Trinajstić information content (AvgIpc) is 2.89. The quantitative estimate of drug-likeness (QED) is 0.918. The Morgan fingerprint density at radius 3 is 2.85 bits per heavy atom. The van der Waals surface area contributed by atoms with Gasteiger partial charge in [0.15, 0.2) is 6.10 Å². The highest BCUT2D eigenvalue weighted by Gasteiger charge is 2.29. The van der Waals surface area contributed by atoms with Gasteiger partial charge in [-0.3, -0.25) is 0 Å². The summed E-state index contributed by atoms with van der Waals surface area (Å²) in [7, 11) is 0. The van der Waals surface area contributed by atoms with E-state index < -0.39 is 12.1 Å². The minimum Gasteiger partial charge on any atom is -0.493 e. The highest BCUT2D eigenvalue weighted by molar-refractivity contribution is 5.74. The summed E-state index contributed by atoms with van der Waals surface area (Å²) >= 11 is 0. The number of rotatable bonds is 4. The van der Waals surface area contributed by atoms with Crippen LogP contribution in [0.4, 0.5) is 0 Å². The minimum absolute atomic E-state index is 0.438. The molecule has 1 unspecified atom stereocenters. The lowest BCUT2D eigenvalue weighted by atomic mass is 9.90. The van der Waals surface area contributed by atoms with E-state index in [4.69, 9.17) is 14.6 Å². The Morgan fingerprint density at radius 1 is 1.30 bits per heavy atom. The largest absolute Gasteiger partial charge is 0.493 e.